The standard InChI is InChI=1S/C32H27N/c1-23(29-15-7-11-25-9-3-5-13-30(25)29)17-18-24(2)33-28-21-19-27(20-22-28)32-16-8-12-26-10-4-6-14-31(26)32/h3-22,33H,1-2H3/b23-17+,24-18+. The number of rotatable bonds is 5. The Morgan fingerprint density at radius 3 is 1.94 bits per heavy atom. The molecule has 1 nitrogen and oxygen atoms in total. The number of nitrogens with one attached hydrogen (secondary N) is 1. The first-order chi connectivity index (χ1) is 16.2. The highest BCUT2D eigenvalue weighted by Crippen LogP contribution is 2.30. The van der Waals surface area contributed by atoms with Gasteiger partial charge in [0.25, 0.3) is 0 Å². The fourth-order valence-corrected chi connectivity index (χ4v) is 4.39. The predicted octanol–water partition coefficient (Wildman–Crippen LogP) is 9.08. The minimum Gasteiger partial charge on any atom is -0.359 e. The molecular weight excluding hydrogens is 398 g/mol. The molecule has 5 aromatic rings. The van der Waals surface area contributed by atoms with Crippen LogP contribution in [0.3, 0.4) is 0 Å². The lowest BCUT2D eigenvalue weighted by atomic mass is 9.98. The van der Waals surface area contributed by atoms with Crippen molar-refractivity contribution in [2.24, 2.45) is 0 Å². The summed E-state index contributed by atoms with van der Waals surface area (Å²) in [6, 6.07) is 38.7. The van der Waals surface area contributed by atoms with Gasteiger partial charge < -0.3 is 5.32 Å². The lowest BCUT2D eigenvalue weighted by Crippen LogP contribution is -1.95. The molecule has 0 aliphatic carbocycles. The molecule has 33 heavy (non-hydrogen) atoms. The van der Waals surface area contributed by atoms with E-state index in [9.17, 15) is 0 Å². The molecule has 0 atom stereocenters. The topological polar surface area (TPSA) is 12.0 Å². The van der Waals surface area contributed by atoms with E-state index < -0.39 is 0 Å². The molecule has 0 unspecified atom stereocenters. The van der Waals surface area contributed by atoms with Crippen molar-refractivity contribution in [1.82, 2.24) is 0 Å². The number of allylic oxidation sites excluding steroid dienone is 4. The van der Waals surface area contributed by atoms with Gasteiger partial charge in [-0.15, -0.1) is 0 Å². The van der Waals surface area contributed by atoms with Gasteiger partial charge in [-0.1, -0.05) is 103 Å². The minimum atomic E-state index is 1.09. The number of hydrogen-bond acceptors (Lipinski definition) is 1. The molecule has 1 heteroatoms. The van der Waals surface area contributed by atoms with Crippen LogP contribution in [0.25, 0.3) is 38.2 Å². The molecule has 0 aliphatic rings. The van der Waals surface area contributed by atoms with Crippen LogP contribution in [0.5, 0.6) is 0 Å². The average Bonchev–Trinajstić information content (AvgIpc) is 2.87. The van der Waals surface area contributed by atoms with Gasteiger partial charge in [0.15, 0.2) is 0 Å². The van der Waals surface area contributed by atoms with E-state index in [0.29, 0.717) is 0 Å². The molecule has 0 saturated heterocycles. The second-order valence-electron chi connectivity index (χ2n) is 8.46. The number of fused-ring (bicyclic) bond motifs is 2. The first-order valence-electron chi connectivity index (χ1n) is 11.4. The molecule has 0 fully saturated rings. The van der Waals surface area contributed by atoms with Crippen LogP contribution >= 0.6 is 0 Å². The van der Waals surface area contributed by atoms with Gasteiger partial charge in [0.1, 0.15) is 0 Å². The van der Waals surface area contributed by atoms with Crippen molar-refractivity contribution in [2.75, 3.05) is 5.32 Å². The molecule has 160 valence electrons. The van der Waals surface area contributed by atoms with E-state index in [2.05, 4.69) is 141 Å². The Bertz CT molecular complexity index is 1480. The third kappa shape index (κ3) is 4.44. The molecule has 0 spiro atoms. The van der Waals surface area contributed by atoms with E-state index in [1.165, 1.54) is 43.8 Å². The van der Waals surface area contributed by atoms with Gasteiger partial charge in [-0.2, -0.15) is 0 Å². The normalized spacial score (nSPS) is 12.3. The summed E-state index contributed by atoms with van der Waals surface area (Å²) in [5.74, 6) is 0. The first-order valence-corrected chi connectivity index (χ1v) is 11.4. The zero-order valence-electron chi connectivity index (χ0n) is 19.0. The van der Waals surface area contributed by atoms with E-state index in [1.54, 1.807) is 0 Å². The van der Waals surface area contributed by atoms with Crippen LogP contribution in [-0.4, -0.2) is 0 Å². The molecule has 0 bridgehead atoms. The second kappa shape index (κ2) is 9.18. The largest absolute Gasteiger partial charge is 0.359 e. The summed E-state index contributed by atoms with van der Waals surface area (Å²) < 4.78 is 0. The maximum absolute atomic E-state index is 3.52. The monoisotopic (exact) mass is 425 g/mol. The van der Waals surface area contributed by atoms with Gasteiger partial charge in [-0.25, -0.2) is 0 Å². The van der Waals surface area contributed by atoms with Crippen LogP contribution < -0.4 is 5.32 Å². The SMILES string of the molecule is C/C(=C\C=C(/C)c1cccc2ccccc12)Nc1ccc(-c2cccc3ccccc23)cc1. The summed E-state index contributed by atoms with van der Waals surface area (Å²) in [4.78, 5) is 0. The summed E-state index contributed by atoms with van der Waals surface area (Å²) in [5, 5.41) is 8.63. The van der Waals surface area contributed by atoms with Gasteiger partial charge in [0, 0.05) is 11.4 Å². The van der Waals surface area contributed by atoms with Crippen molar-refractivity contribution in [3.63, 3.8) is 0 Å². The molecule has 0 radical (unpaired) electrons. The Labute approximate surface area is 195 Å². The molecule has 5 aromatic carbocycles. The molecule has 1 N–H and O–H groups in total. The lowest BCUT2D eigenvalue weighted by molar-refractivity contribution is 1.37. The summed E-state index contributed by atoms with van der Waals surface area (Å²) in [6.07, 6.45) is 4.34. The number of benzene rings is 5. The van der Waals surface area contributed by atoms with E-state index in [-0.39, 0.29) is 0 Å². The summed E-state index contributed by atoms with van der Waals surface area (Å²) in [6.45, 7) is 4.27. The molecule has 0 amide bonds. The molecule has 0 heterocycles. The van der Waals surface area contributed by atoms with Crippen LogP contribution in [0, 0.1) is 0 Å². The van der Waals surface area contributed by atoms with Gasteiger partial charge in [-0.3, -0.25) is 0 Å². The van der Waals surface area contributed by atoms with Crippen molar-refractivity contribution in [3.05, 3.63) is 133 Å². The summed E-state index contributed by atoms with van der Waals surface area (Å²) in [7, 11) is 0. The van der Waals surface area contributed by atoms with Crippen LogP contribution in [-0.2, 0) is 0 Å². The Balaban J connectivity index is 1.35. The van der Waals surface area contributed by atoms with Crippen molar-refractivity contribution < 1.29 is 0 Å². The Kier molecular flexibility index (Phi) is 5.78. The van der Waals surface area contributed by atoms with Gasteiger partial charge in [-0.05, 0) is 75.9 Å². The highest BCUT2D eigenvalue weighted by atomic mass is 14.9. The Hall–Kier alpha value is -4.10. The molecule has 0 saturated carbocycles. The highest BCUT2D eigenvalue weighted by Gasteiger charge is 2.04. The quantitative estimate of drug-likeness (QED) is 0.277. The minimum absolute atomic E-state index is 1.09. The molecule has 0 aromatic heterocycles. The van der Waals surface area contributed by atoms with Crippen LogP contribution in [0.4, 0.5) is 5.69 Å². The fourth-order valence-electron chi connectivity index (χ4n) is 4.39. The van der Waals surface area contributed by atoms with E-state index >= 15 is 0 Å². The maximum atomic E-state index is 3.52. The van der Waals surface area contributed by atoms with Gasteiger partial charge in [0.2, 0.25) is 0 Å². The van der Waals surface area contributed by atoms with Crippen LogP contribution in [0.2, 0.25) is 0 Å². The lowest BCUT2D eigenvalue weighted by Gasteiger charge is -2.10. The van der Waals surface area contributed by atoms with Crippen molar-refractivity contribution >= 4 is 32.8 Å². The molecular formula is C32H27N. The van der Waals surface area contributed by atoms with Crippen molar-refractivity contribution in [2.45, 2.75) is 13.8 Å². The van der Waals surface area contributed by atoms with E-state index in [0.717, 1.165) is 11.4 Å². The predicted molar refractivity (Wildman–Crippen MR) is 144 cm³/mol. The summed E-state index contributed by atoms with van der Waals surface area (Å²) in [5.41, 5.74) is 7.21. The molecule has 0 aliphatic heterocycles. The zero-order chi connectivity index (χ0) is 22.6. The smallest absolute Gasteiger partial charge is 0.0382 e. The number of anilines is 1. The van der Waals surface area contributed by atoms with Crippen molar-refractivity contribution in [3.8, 4) is 11.1 Å². The van der Waals surface area contributed by atoms with Crippen molar-refractivity contribution in [1.29, 1.82) is 0 Å². The van der Waals surface area contributed by atoms with Gasteiger partial charge in [0.05, 0.1) is 0 Å². The Morgan fingerprint density at radius 1 is 0.576 bits per heavy atom. The average molecular weight is 426 g/mol. The van der Waals surface area contributed by atoms with Crippen LogP contribution in [0.1, 0.15) is 19.4 Å². The zero-order valence-corrected chi connectivity index (χ0v) is 19.0. The first kappa shape index (κ1) is 20.8. The third-order valence-corrected chi connectivity index (χ3v) is 6.12. The van der Waals surface area contributed by atoms with Crippen LogP contribution in [0.15, 0.2) is 127 Å². The maximum Gasteiger partial charge on any atom is 0.0382 e. The third-order valence-electron chi connectivity index (χ3n) is 6.12. The van der Waals surface area contributed by atoms with E-state index in [4.69, 9.17) is 0 Å². The Morgan fingerprint density at radius 2 is 1.18 bits per heavy atom. The fraction of sp³-hybridized carbons (Fsp3) is 0.0625. The highest BCUT2D eigenvalue weighted by molar-refractivity contribution is 5.97. The summed E-state index contributed by atoms with van der Waals surface area (Å²) >= 11 is 0. The second-order valence-corrected chi connectivity index (χ2v) is 8.46. The van der Waals surface area contributed by atoms with E-state index in [1.807, 2.05) is 0 Å². The molecule has 5 rings (SSSR count). The number of hydrogen-bond donors (Lipinski definition) is 1. The van der Waals surface area contributed by atoms with Gasteiger partial charge >= 0.3 is 0 Å².